The van der Waals surface area contributed by atoms with Crippen LogP contribution >= 0.6 is 11.3 Å². The maximum atomic E-state index is 9.30. The fourth-order valence-electron chi connectivity index (χ4n) is 1.02. The maximum absolute atomic E-state index is 9.30. The van der Waals surface area contributed by atoms with Crippen LogP contribution in [-0.4, -0.2) is 10.1 Å². The van der Waals surface area contributed by atoms with Crippen LogP contribution < -0.4 is 0 Å². The third-order valence-corrected chi connectivity index (χ3v) is 2.82. The van der Waals surface area contributed by atoms with Crippen LogP contribution in [0.25, 0.3) is 5.57 Å². The zero-order chi connectivity index (χ0) is 11.6. The van der Waals surface area contributed by atoms with E-state index in [-0.39, 0.29) is 16.7 Å². The number of rotatable bonds is 1. The molecule has 1 N–H and O–H groups in total. The van der Waals surface area contributed by atoms with E-state index >= 15 is 0 Å². The van der Waals surface area contributed by atoms with Crippen molar-refractivity contribution in [3.8, 4) is 6.07 Å². The van der Waals surface area contributed by atoms with E-state index in [0.717, 1.165) is 5.69 Å². The number of hydrogen-bond donors (Lipinski definition) is 1. The minimum absolute atomic E-state index is 0.0207. The first-order valence-corrected chi connectivity index (χ1v) is 5.50. The summed E-state index contributed by atoms with van der Waals surface area (Å²) in [6.07, 6.45) is 0. The molecule has 80 valence electrons. The molecule has 0 radical (unpaired) electrons. The SMILES string of the molecule is C/C(O)=C(/C#N)c1nc(C(C)(C)C)cs1. The van der Waals surface area contributed by atoms with E-state index in [4.69, 9.17) is 5.26 Å². The Bertz CT molecular complexity index is 428. The third kappa shape index (κ3) is 2.57. The van der Waals surface area contributed by atoms with Crippen molar-refractivity contribution in [1.82, 2.24) is 4.98 Å². The Hall–Kier alpha value is -1.34. The highest BCUT2D eigenvalue weighted by Crippen LogP contribution is 2.27. The number of nitrogens with zero attached hydrogens (tertiary/aromatic N) is 2. The molecular formula is C11H14N2OS. The molecule has 0 saturated heterocycles. The van der Waals surface area contributed by atoms with Crippen LogP contribution in [0.2, 0.25) is 0 Å². The molecule has 4 heteroatoms. The standard InChI is InChI=1S/C11H14N2OS/c1-7(14)8(5-12)10-13-9(6-15-10)11(2,3)4/h6,14H,1-4H3/b8-7+. The minimum Gasteiger partial charge on any atom is -0.511 e. The zero-order valence-corrected chi connectivity index (χ0v) is 10.1. The predicted molar refractivity (Wildman–Crippen MR) is 61.6 cm³/mol. The molecule has 1 aromatic heterocycles. The maximum Gasteiger partial charge on any atom is 0.137 e. The second-order valence-electron chi connectivity index (χ2n) is 4.36. The molecule has 0 aliphatic heterocycles. The van der Waals surface area contributed by atoms with Crippen molar-refractivity contribution < 1.29 is 5.11 Å². The van der Waals surface area contributed by atoms with E-state index in [1.807, 2.05) is 11.4 Å². The molecule has 1 heterocycles. The molecule has 0 atom stereocenters. The van der Waals surface area contributed by atoms with Crippen LogP contribution in [0.4, 0.5) is 0 Å². The lowest BCUT2D eigenvalue weighted by atomic mass is 9.93. The van der Waals surface area contributed by atoms with E-state index in [2.05, 4.69) is 25.8 Å². The van der Waals surface area contributed by atoms with Gasteiger partial charge in [0.1, 0.15) is 22.4 Å². The Morgan fingerprint density at radius 3 is 2.47 bits per heavy atom. The summed E-state index contributed by atoms with van der Waals surface area (Å²) in [4.78, 5) is 4.35. The highest BCUT2D eigenvalue weighted by Gasteiger charge is 2.19. The summed E-state index contributed by atoms with van der Waals surface area (Å²) in [5.41, 5.74) is 1.17. The first kappa shape index (κ1) is 11.7. The molecule has 3 nitrogen and oxygen atoms in total. The molecule has 0 unspecified atom stereocenters. The van der Waals surface area contributed by atoms with Gasteiger partial charge in [-0.15, -0.1) is 11.3 Å². The molecule has 15 heavy (non-hydrogen) atoms. The summed E-state index contributed by atoms with van der Waals surface area (Å²) in [6, 6.07) is 1.96. The number of aliphatic hydroxyl groups excluding tert-OH is 1. The second kappa shape index (κ2) is 4.03. The number of aliphatic hydroxyl groups is 1. The molecule has 1 rings (SSSR count). The lowest BCUT2D eigenvalue weighted by Gasteiger charge is -2.14. The van der Waals surface area contributed by atoms with Crippen molar-refractivity contribution in [3.05, 3.63) is 21.8 Å². The Balaban J connectivity index is 3.17. The van der Waals surface area contributed by atoms with Gasteiger partial charge in [0.05, 0.1) is 5.69 Å². The van der Waals surface area contributed by atoms with E-state index in [0.29, 0.717) is 5.01 Å². The average molecular weight is 222 g/mol. The Kier molecular flexibility index (Phi) is 3.15. The summed E-state index contributed by atoms with van der Waals surface area (Å²) in [5, 5.41) is 20.7. The summed E-state index contributed by atoms with van der Waals surface area (Å²) in [5.74, 6) is 0.0207. The quantitative estimate of drug-likeness (QED) is 0.586. The molecule has 0 bridgehead atoms. The number of nitriles is 1. The van der Waals surface area contributed by atoms with Gasteiger partial charge in [0.15, 0.2) is 0 Å². The van der Waals surface area contributed by atoms with Crippen molar-refractivity contribution in [2.45, 2.75) is 33.1 Å². The average Bonchev–Trinajstić information content (AvgIpc) is 2.52. The number of aromatic nitrogens is 1. The Morgan fingerprint density at radius 1 is 1.53 bits per heavy atom. The summed E-state index contributed by atoms with van der Waals surface area (Å²) in [7, 11) is 0. The van der Waals surface area contributed by atoms with Crippen LogP contribution in [0.3, 0.4) is 0 Å². The van der Waals surface area contributed by atoms with Crippen LogP contribution in [-0.2, 0) is 5.41 Å². The van der Waals surface area contributed by atoms with E-state index in [9.17, 15) is 5.11 Å². The number of allylic oxidation sites excluding steroid dienone is 2. The van der Waals surface area contributed by atoms with Gasteiger partial charge < -0.3 is 5.11 Å². The van der Waals surface area contributed by atoms with Crippen LogP contribution in [0.15, 0.2) is 11.1 Å². The highest BCUT2D eigenvalue weighted by molar-refractivity contribution is 7.10. The molecule has 0 spiro atoms. The molecule has 0 aliphatic carbocycles. The molecule has 0 aromatic carbocycles. The van der Waals surface area contributed by atoms with E-state index < -0.39 is 0 Å². The minimum atomic E-state index is -0.0291. The van der Waals surface area contributed by atoms with Crippen LogP contribution in [0, 0.1) is 11.3 Å². The molecule has 0 amide bonds. The van der Waals surface area contributed by atoms with Crippen molar-refractivity contribution in [3.63, 3.8) is 0 Å². The first-order valence-electron chi connectivity index (χ1n) is 4.62. The van der Waals surface area contributed by atoms with Crippen LogP contribution in [0.5, 0.6) is 0 Å². The topological polar surface area (TPSA) is 56.9 Å². The highest BCUT2D eigenvalue weighted by atomic mass is 32.1. The van der Waals surface area contributed by atoms with Gasteiger partial charge in [0, 0.05) is 10.8 Å². The van der Waals surface area contributed by atoms with Gasteiger partial charge in [-0.25, -0.2) is 4.98 Å². The van der Waals surface area contributed by atoms with Crippen molar-refractivity contribution in [2.24, 2.45) is 0 Å². The lowest BCUT2D eigenvalue weighted by Crippen LogP contribution is -2.11. The molecule has 0 fully saturated rings. The Morgan fingerprint density at radius 2 is 2.13 bits per heavy atom. The Labute approximate surface area is 93.7 Å². The largest absolute Gasteiger partial charge is 0.511 e. The molecule has 0 saturated carbocycles. The summed E-state index contributed by atoms with van der Waals surface area (Å²) < 4.78 is 0. The van der Waals surface area contributed by atoms with Crippen molar-refractivity contribution >= 4 is 16.9 Å². The molecular weight excluding hydrogens is 208 g/mol. The normalized spacial score (nSPS) is 13.3. The molecule has 1 aromatic rings. The van der Waals surface area contributed by atoms with Gasteiger partial charge in [-0.3, -0.25) is 0 Å². The van der Waals surface area contributed by atoms with Crippen molar-refractivity contribution in [2.75, 3.05) is 0 Å². The van der Waals surface area contributed by atoms with Crippen LogP contribution in [0.1, 0.15) is 38.4 Å². The van der Waals surface area contributed by atoms with E-state index in [1.54, 1.807) is 0 Å². The lowest BCUT2D eigenvalue weighted by molar-refractivity contribution is 0.418. The number of thiazole rings is 1. The third-order valence-electron chi connectivity index (χ3n) is 1.96. The smallest absolute Gasteiger partial charge is 0.137 e. The second-order valence-corrected chi connectivity index (χ2v) is 5.22. The molecule has 0 aliphatic rings. The number of hydrogen-bond acceptors (Lipinski definition) is 4. The fourth-order valence-corrected chi connectivity index (χ4v) is 2.11. The van der Waals surface area contributed by atoms with Gasteiger partial charge in [-0.2, -0.15) is 5.26 Å². The van der Waals surface area contributed by atoms with Gasteiger partial charge >= 0.3 is 0 Å². The summed E-state index contributed by atoms with van der Waals surface area (Å²) >= 11 is 1.39. The van der Waals surface area contributed by atoms with Gasteiger partial charge in [-0.1, -0.05) is 20.8 Å². The van der Waals surface area contributed by atoms with Gasteiger partial charge in [-0.05, 0) is 6.92 Å². The van der Waals surface area contributed by atoms with Gasteiger partial charge in [0.25, 0.3) is 0 Å². The zero-order valence-electron chi connectivity index (χ0n) is 9.33. The van der Waals surface area contributed by atoms with E-state index in [1.165, 1.54) is 18.3 Å². The van der Waals surface area contributed by atoms with Gasteiger partial charge in [0.2, 0.25) is 0 Å². The summed E-state index contributed by atoms with van der Waals surface area (Å²) in [6.45, 7) is 7.69. The van der Waals surface area contributed by atoms with Crippen molar-refractivity contribution in [1.29, 1.82) is 5.26 Å². The fraction of sp³-hybridized carbons (Fsp3) is 0.455. The predicted octanol–water partition coefficient (Wildman–Crippen LogP) is 3.25. The monoisotopic (exact) mass is 222 g/mol. The first-order chi connectivity index (χ1) is 6.86.